The monoisotopic (exact) mass is 310 g/mol. The molecular weight excluding hydrogens is 288 g/mol. The minimum absolute atomic E-state index is 0.133. The highest BCUT2D eigenvalue weighted by Crippen LogP contribution is 2.23. The number of nitrogens with two attached hydrogens (primary N) is 1. The van der Waals surface area contributed by atoms with Crippen molar-refractivity contribution in [3.63, 3.8) is 0 Å². The number of nitrogens with one attached hydrogen (secondary N) is 2. The Balaban J connectivity index is 1.80. The summed E-state index contributed by atoms with van der Waals surface area (Å²) in [7, 11) is 0. The summed E-state index contributed by atoms with van der Waals surface area (Å²) in [5.41, 5.74) is 9.63. The number of benzene rings is 1. The van der Waals surface area contributed by atoms with E-state index in [9.17, 15) is 4.79 Å². The maximum absolute atomic E-state index is 12.1. The topological polar surface area (TPSA) is 87.6 Å². The van der Waals surface area contributed by atoms with E-state index in [4.69, 9.17) is 5.73 Å². The Hall–Kier alpha value is -2.56. The fourth-order valence-electron chi connectivity index (χ4n) is 2.77. The van der Waals surface area contributed by atoms with Gasteiger partial charge in [-0.15, -0.1) is 0 Å². The number of nitrogen functional groups attached to an aromatic ring is 1. The summed E-state index contributed by atoms with van der Waals surface area (Å²) in [6.07, 6.45) is 3.50. The predicted octanol–water partition coefficient (Wildman–Crippen LogP) is 2.92. The Morgan fingerprint density at radius 3 is 2.48 bits per heavy atom. The van der Waals surface area contributed by atoms with Crippen LogP contribution in [0, 0.1) is 0 Å². The second kappa shape index (κ2) is 5.57. The van der Waals surface area contributed by atoms with Gasteiger partial charge in [0.05, 0.1) is 5.39 Å². The molecule has 23 heavy (non-hydrogen) atoms. The highest BCUT2D eigenvalue weighted by atomic mass is 16.1. The lowest BCUT2D eigenvalue weighted by molar-refractivity contribution is 0.590. The molecule has 0 aliphatic carbocycles. The van der Waals surface area contributed by atoms with Gasteiger partial charge in [-0.3, -0.25) is 9.78 Å². The van der Waals surface area contributed by atoms with Gasteiger partial charge in [-0.05, 0) is 34.9 Å². The van der Waals surface area contributed by atoms with E-state index in [0.717, 1.165) is 18.4 Å². The third kappa shape index (κ3) is 3.13. The van der Waals surface area contributed by atoms with E-state index in [0.29, 0.717) is 11.0 Å². The molecule has 120 valence electrons. The zero-order chi connectivity index (χ0) is 16.6. The van der Waals surface area contributed by atoms with Crippen molar-refractivity contribution in [2.45, 2.75) is 39.0 Å². The number of H-pyrrole nitrogens is 2. The van der Waals surface area contributed by atoms with E-state index in [-0.39, 0.29) is 16.9 Å². The average Bonchev–Trinajstić information content (AvgIpc) is 2.88. The largest absolute Gasteiger partial charge is 0.369 e. The van der Waals surface area contributed by atoms with Crippen LogP contribution in [0.3, 0.4) is 0 Å². The molecule has 0 aliphatic rings. The molecule has 3 rings (SSSR count). The van der Waals surface area contributed by atoms with E-state index in [2.05, 4.69) is 60.0 Å². The lowest BCUT2D eigenvalue weighted by atomic mass is 9.86. The van der Waals surface area contributed by atoms with Crippen molar-refractivity contribution in [3.8, 4) is 0 Å². The third-order valence-corrected chi connectivity index (χ3v) is 4.14. The molecule has 0 atom stereocenters. The van der Waals surface area contributed by atoms with Crippen LogP contribution in [-0.2, 0) is 18.3 Å². The zero-order valence-electron chi connectivity index (χ0n) is 13.7. The van der Waals surface area contributed by atoms with Crippen LogP contribution in [0.4, 0.5) is 5.95 Å². The third-order valence-electron chi connectivity index (χ3n) is 4.14. The van der Waals surface area contributed by atoms with Crippen molar-refractivity contribution >= 4 is 17.0 Å². The zero-order valence-corrected chi connectivity index (χ0v) is 13.7. The smallest absolute Gasteiger partial charge is 0.262 e. The maximum atomic E-state index is 12.1. The molecular formula is C18H22N4O. The Morgan fingerprint density at radius 2 is 1.83 bits per heavy atom. The van der Waals surface area contributed by atoms with Crippen LogP contribution < -0.4 is 11.3 Å². The Bertz CT molecular complexity index is 882. The molecule has 0 spiro atoms. The highest BCUT2D eigenvalue weighted by molar-refractivity contribution is 5.79. The van der Waals surface area contributed by atoms with Gasteiger partial charge in [-0.1, -0.05) is 45.0 Å². The molecule has 3 aromatic rings. The number of fused-ring (bicyclic) bond motifs is 1. The molecule has 2 aromatic heterocycles. The number of anilines is 1. The van der Waals surface area contributed by atoms with Gasteiger partial charge in [0.1, 0.15) is 5.65 Å². The first-order valence-corrected chi connectivity index (χ1v) is 7.80. The van der Waals surface area contributed by atoms with Crippen molar-refractivity contribution in [3.05, 3.63) is 57.5 Å². The number of aromatic amines is 2. The number of rotatable bonds is 3. The van der Waals surface area contributed by atoms with Crippen LogP contribution in [0.5, 0.6) is 0 Å². The fourth-order valence-corrected chi connectivity index (χ4v) is 2.77. The SMILES string of the molecule is CC(C)(C)c1ccc(CCc2c[nH]c3nc(N)[nH]c(=O)c23)cc1. The minimum Gasteiger partial charge on any atom is -0.369 e. The quantitative estimate of drug-likeness (QED) is 0.695. The molecule has 0 radical (unpaired) electrons. The van der Waals surface area contributed by atoms with Gasteiger partial charge < -0.3 is 10.7 Å². The number of nitrogens with zero attached hydrogens (tertiary/aromatic N) is 1. The summed E-state index contributed by atoms with van der Waals surface area (Å²) < 4.78 is 0. The molecule has 5 nitrogen and oxygen atoms in total. The van der Waals surface area contributed by atoms with E-state index < -0.39 is 0 Å². The first kappa shape index (κ1) is 15.3. The van der Waals surface area contributed by atoms with Crippen molar-refractivity contribution in [2.24, 2.45) is 0 Å². The second-order valence-electron chi connectivity index (χ2n) is 6.94. The van der Waals surface area contributed by atoms with Gasteiger partial charge in [0, 0.05) is 6.20 Å². The molecule has 0 bridgehead atoms. The first-order valence-electron chi connectivity index (χ1n) is 7.80. The van der Waals surface area contributed by atoms with Gasteiger partial charge in [0.2, 0.25) is 5.95 Å². The number of aromatic nitrogens is 3. The molecule has 0 unspecified atom stereocenters. The van der Waals surface area contributed by atoms with Gasteiger partial charge in [0.15, 0.2) is 0 Å². The summed E-state index contributed by atoms with van der Waals surface area (Å²) in [4.78, 5) is 21.7. The summed E-state index contributed by atoms with van der Waals surface area (Å²) in [5.74, 6) is 0.133. The van der Waals surface area contributed by atoms with E-state index in [1.807, 2.05) is 6.20 Å². The van der Waals surface area contributed by atoms with Crippen LogP contribution in [0.25, 0.3) is 11.0 Å². The van der Waals surface area contributed by atoms with E-state index in [1.54, 1.807) is 0 Å². The Kier molecular flexibility index (Phi) is 3.72. The van der Waals surface area contributed by atoms with E-state index in [1.165, 1.54) is 11.1 Å². The Morgan fingerprint density at radius 1 is 1.13 bits per heavy atom. The van der Waals surface area contributed by atoms with Crippen molar-refractivity contribution in [1.29, 1.82) is 0 Å². The van der Waals surface area contributed by atoms with Crippen LogP contribution in [0.2, 0.25) is 0 Å². The first-order chi connectivity index (χ1) is 10.8. The van der Waals surface area contributed by atoms with Gasteiger partial charge in [-0.2, -0.15) is 4.98 Å². The molecule has 0 saturated carbocycles. The fraction of sp³-hybridized carbons (Fsp3) is 0.333. The average molecular weight is 310 g/mol. The molecule has 4 N–H and O–H groups in total. The van der Waals surface area contributed by atoms with Crippen LogP contribution >= 0.6 is 0 Å². The van der Waals surface area contributed by atoms with Crippen LogP contribution in [0.1, 0.15) is 37.5 Å². The summed E-state index contributed by atoms with van der Waals surface area (Å²) >= 11 is 0. The van der Waals surface area contributed by atoms with Crippen LogP contribution in [-0.4, -0.2) is 15.0 Å². The van der Waals surface area contributed by atoms with Crippen molar-refractivity contribution in [2.75, 3.05) is 5.73 Å². The molecule has 0 aliphatic heterocycles. The molecule has 0 saturated heterocycles. The normalized spacial score (nSPS) is 12.0. The van der Waals surface area contributed by atoms with Crippen LogP contribution in [0.15, 0.2) is 35.3 Å². The molecule has 5 heteroatoms. The number of hydrogen-bond acceptors (Lipinski definition) is 3. The Labute approximate surface area is 135 Å². The number of hydrogen-bond donors (Lipinski definition) is 3. The van der Waals surface area contributed by atoms with Crippen molar-refractivity contribution < 1.29 is 0 Å². The second-order valence-corrected chi connectivity index (χ2v) is 6.94. The minimum atomic E-state index is -0.188. The maximum Gasteiger partial charge on any atom is 0.262 e. The molecule has 2 heterocycles. The molecule has 1 aromatic carbocycles. The summed E-state index contributed by atoms with van der Waals surface area (Å²) in [5, 5.41) is 0.602. The van der Waals surface area contributed by atoms with Crippen molar-refractivity contribution in [1.82, 2.24) is 15.0 Å². The van der Waals surface area contributed by atoms with Gasteiger partial charge in [-0.25, -0.2) is 0 Å². The standard InChI is InChI=1S/C18H22N4O/c1-18(2,3)13-8-5-11(6-9-13)4-7-12-10-20-15-14(12)16(23)22-17(19)21-15/h5-6,8-10H,4,7H2,1-3H3,(H4,19,20,21,22,23). The summed E-state index contributed by atoms with van der Waals surface area (Å²) in [6, 6.07) is 8.69. The summed E-state index contributed by atoms with van der Waals surface area (Å²) in [6.45, 7) is 6.62. The van der Waals surface area contributed by atoms with E-state index >= 15 is 0 Å². The lowest BCUT2D eigenvalue weighted by Crippen LogP contribution is -2.12. The van der Waals surface area contributed by atoms with Gasteiger partial charge >= 0.3 is 0 Å². The predicted molar refractivity (Wildman–Crippen MR) is 93.7 cm³/mol. The molecule has 0 amide bonds. The number of aryl methyl sites for hydroxylation is 2. The van der Waals surface area contributed by atoms with Gasteiger partial charge in [0.25, 0.3) is 5.56 Å². The lowest BCUT2D eigenvalue weighted by Gasteiger charge is -2.19. The highest BCUT2D eigenvalue weighted by Gasteiger charge is 2.13. The molecule has 0 fully saturated rings.